The molecule has 2 aromatic rings. The molecule has 2 heterocycles. The minimum Gasteiger partial charge on any atom is -0.481 e. The fraction of sp³-hybridized carbons (Fsp3) is 0.389. The summed E-state index contributed by atoms with van der Waals surface area (Å²) < 4.78 is 16.1. The highest BCUT2D eigenvalue weighted by Gasteiger charge is 2.35. The van der Waals surface area contributed by atoms with Gasteiger partial charge >= 0.3 is 5.97 Å². The number of methoxy groups -OCH3 is 2. The Hall–Kier alpha value is -1.58. The third-order valence-corrected chi connectivity index (χ3v) is 8.27. The minimum atomic E-state index is -0.414. The Kier molecular flexibility index (Phi) is 7.54. The highest BCUT2D eigenvalue weighted by molar-refractivity contribution is 8.21. The lowest BCUT2D eigenvalue weighted by molar-refractivity contribution is -0.143. The topological polar surface area (TPSA) is 70.5 Å². The van der Waals surface area contributed by atoms with Crippen LogP contribution >= 0.6 is 35.3 Å². The number of thioether (sulfide) groups is 3. The van der Waals surface area contributed by atoms with Gasteiger partial charge in [0.25, 0.3) is 0 Å². The normalized spacial score (nSPS) is 15.3. The summed E-state index contributed by atoms with van der Waals surface area (Å²) in [7, 11) is 3.06. The fourth-order valence-electron chi connectivity index (χ4n) is 2.34. The molecule has 0 spiro atoms. The van der Waals surface area contributed by atoms with Gasteiger partial charge < -0.3 is 14.2 Å². The molecule has 9 heteroatoms. The minimum absolute atomic E-state index is 0.0964. The number of carbonyl (C=O) groups excluding carboxylic acids is 1. The molecule has 1 aliphatic rings. The Morgan fingerprint density at radius 1 is 1.15 bits per heavy atom. The summed E-state index contributed by atoms with van der Waals surface area (Å²) in [5, 5.41) is 0.0176. The molecule has 1 fully saturated rings. The van der Waals surface area contributed by atoms with Crippen LogP contribution in [0.1, 0.15) is 5.56 Å². The summed E-state index contributed by atoms with van der Waals surface area (Å²) in [5.74, 6) is 2.56. The molecule has 1 saturated heterocycles. The van der Waals surface area contributed by atoms with Crippen LogP contribution in [0.5, 0.6) is 11.8 Å². The monoisotopic (exact) mass is 424 g/mol. The number of benzene rings is 1. The molecular formula is C18H20N2O4S3. The van der Waals surface area contributed by atoms with E-state index in [1.54, 1.807) is 29.6 Å². The highest BCUT2D eigenvalue weighted by atomic mass is 32.2. The fourth-order valence-corrected chi connectivity index (χ4v) is 6.70. The van der Waals surface area contributed by atoms with Crippen LogP contribution in [0.2, 0.25) is 0 Å². The maximum Gasteiger partial charge on any atom is 0.321 e. The maximum atomic E-state index is 12.8. The molecule has 144 valence electrons. The standard InChI is InChI=1S/C18H20N2O4S3/c1-22-13-10-14(23-2)20-18(19-13)27-15(17-25-8-9-26-17)16(21)24-11-12-6-4-3-5-7-12/h3-7,10,15,17H,8-9,11H2,1-2H3. The molecule has 0 radical (unpaired) electrons. The predicted molar refractivity (Wildman–Crippen MR) is 110 cm³/mol. The molecule has 0 bridgehead atoms. The van der Waals surface area contributed by atoms with E-state index < -0.39 is 5.25 Å². The molecule has 0 N–H and O–H groups in total. The van der Waals surface area contributed by atoms with Crippen LogP contribution in [-0.2, 0) is 16.1 Å². The van der Waals surface area contributed by atoms with Crippen LogP contribution in [0.25, 0.3) is 0 Å². The highest BCUT2D eigenvalue weighted by Crippen LogP contribution is 2.41. The summed E-state index contributed by atoms with van der Waals surface area (Å²) in [4.78, 5) is 21.5. The average molecular weight is 425 g/mol. The van der Waals surface area contributed by atoms with Crippen molar-refractivity contribution in [2.24, 2.45) is 0 Å². The van der Waals surface area contributed by atoms with Crippen molar-refractivity contribution >= 4 is 41.3 Å². The van der Waals surface area contributed by atoms with Crippen molar-refractivity contribution in [3.8, 4) is 11.8 Å². The van der Waals surface area contributed by atoms with Gasteiger partial charge in [-0.25, -0.2) is 0 Å². The first kappa shape index (κ1) is 20.2. The van der Waals surface area contributed by atoms with Crippen LogP contribution in [-0.4, -0.2) is 51.5 Å². The molecular weight excluding hydrogens is 404 g/mol. The molecule has 3 rings (SSSR count). The summed E-state index contributed by atoms with van der Waals surface area (Å²) >= 11 is 4.82. The van der Waals surface area contributed by atoms with Crippen molar-refractivity contribution in [3.05, 3.63) is 42.0 Å². The lowest BCUT2D eigenvalue weighted by Gasteiger charge is -2.20. The molecule has 1 aromatic carbocycles. The van der Waals surface area contributed by atoms with Gasteiger partial charge in [-0.2, -0.15) is 9.97 Å². The summed E-state index contributed by atoms with van der Waals surface area (Å²) in [5.41, 5.74) is 0.959. The number of rotatable bonds is 8. The number of ether oxygens (including phenoxy) is 3. The van der Waals surface area contributed by atoms with Gasteiger partial charge in [-0.15, -0.1) is 23.5 Å². The molecule has 27 heavy (non-hydrogen) atoms. The molecule has 0 amide bonds. The SMILES string of the molecule is COc1cc(OC)nc(SC(C(=O)OCc2ccccc2)C2SCCS2)n1. The van der Waals surface area contributed by atoms with E-state index in [1.807, 2.05) is 30.3 Å². The zero-order valence-electron chi connectivity index (χ0n) is 15.0. The third-order valence-electron chi connectivity index (χ3n) is 3.66. The first-order chi connectivity index (χ1) is 13.2. The number of hydrogen-bond donors (Lipinski definition) is 0. The molecule has 1 unspecified atom stereocenters. The zero-order valence-corrected chi connectivity index (χ0v) is 17.4. The summed E-state index contributed by atoms with van der Waals surface area (Å²) in [6, 6.07) is 11.3. The number of esters is 1. The maximum absolute atomic E-state index is 12.8. The molecule has 0 saturated carbocycles. The molecule has 6 nitrogen and oxygen atoms in total. The second-order valence-electron chi connectivity index (χ2n) is 5.48. The van der Waals surface area contributed by atoms with Crippen LogP contribution in [0.3, 0.4) is 0 Å². The van der Waals surface area contributed by atoms with Crippen molar-refractivity contribution < 1.29 is 19.0 Å². The van der Waals surface area contributed by atoms with Crippen molar-refractivity contribution in [1.29, 1.82) is 0 Å². The van der Waals surface area contributed by atoms with Gasteiger partial charge in [-0.1, -0.05) is 42.1 Å². The quantitative estimate of drug-likeness (QED) is 0.360. The number of nitrogens with zero attached hydrogens (tertiary/aromatic N) is 2. The predicted octanol–water partition coefficient (Wildman–Crippen LogP) is 3.50. The molecule has 1 aromatic heterocycles. The molecule has 0 aliphatic carbocycles. The van der Waals surface area contributed by atoms with Gasteiger partial charge in [-0.05, 0) is 5.56 Å². The summed E-state index contributed by atoms with van der Waals surface area (Å²) in [6.45, 7) is 0.251. The Balaban J connectivity index is 1.74. The lowest BCUT2D eigenvalue weighted by atomic mass is 10.2. The van der Waals surface area contributed by atoms with Gasteiger partial charge in [0.05, 0.1) is 24.9 Å². The molecule has 1 aliphatic heterocycles. The van der Waals surface area contributed by atoms with E-state index in [0.29, 0.717) is 16.9 Å². The van der Waals surface area contributed by atoms with Crippen LogP contribution in [0.4, 0.5) is 0 Å². The third kappa shape index (κ3) is 5.70. The van der Waals surface area contributed by atoms with Gasteiger partial charge in [-0.3, -0.25) is 4.79 Å². The van der Waals surface area contributed by atoms with E-state index in [0.717, 1.165) is 17.1 Å². The van der Waals surface area contributed by atoms with Crippen molar-refractivity contribution in [2.45, 2.75) is 21.6 Å². The van der Waals surface area contributed by atoms with Gasteiger partial charge in [0, 0.05) is 11.5 Å². The van der Waals surface area contributed by atoms with Crippen LogP contribution in [0.15, 0.2) is 41.6 Å². The average Bonchev–Trinajstić information content (AvgIpc) is 3.25. The lowest BCUT2D eigenvalue weighted by Crippen LogP contribution is -2.28. The van der Waals surface area contributed by atoms with E-state index in [9.17, 15) is 4.79 Å². The Morgan fingerprint density at radius 3 is 2.37 bits per heavy atom. The van der Waals surface area contributed by atoms with Crippen molar-refractivity contribution in [3.63, 3.8) is 0 Å². The van der Waals surface area contributed by atoms with E-state index in [1.165, 1.54) is 26.0 Å². The Labute approximate surface area is 171 Å². The largest absolute Gasteiger partial charge is 0.481 e. The molecule has 1 atom stereocenters. The number of carbonyl (C=O) groups is 1. The number of hydrogen-bond acceptors (Lipinski definition) is 9. The van der Waals surface area contributed by atoms with Crippen molar-refractivity contribution in [2.75, 3.05) is 25.7 Å². The van der Waals surface area contributed by atoms with E-state index in [4.69, 9.17) is 14.2 Å². The second kappa shape index (κ2) is 10.1. The smallest absolute Gasteiger partial charge is 0.321 e. The first-order valence-electron chi connectivity index (χ1n) is 8.27. The summed E-state index contributed by atoms with van der Waals surface area (Å²) in [6.07, 6.45) is 0. The van der Waals surface area contributed by atoms with E-state index in [2.05, 4.69) is 9.97 Å². The van der Waals surface area contributed by atoms with Crippen LogP contribution < -0.4 is 9.47 Å². The Bertz CT molecular complexity index is 735. The second-order valence-corrected chi connectivity index (χ2v) is 9.38. The van der Waals surface area contributed by atoms with E-state index >= 15 is 0 Å². The van der Waals surface area contributed by atoms with Gasteiger partial charge in [0.1, 0.15) is 11.9 Å². The van der Waals surface area contributed by atoms with E-state index in [-0.39, 0.29) is 17.2 Å². The number of aromatic nitrogens is 2. The van der Waals surface area contributed by atoms with Gasteiger partial charge in [0.15, 0.2) is 5.16 Å². The zero-order chi connectivity index (χ0) is 19.1. The van der Waals surface area contributed by atoms with Crippen molar-refractivity contribution in [1.82, 2.24) is 9.97 Å². The van der Waals surface area contributed by atoms with Gasteiger partial charge in [0.2, 0.25) is 11.8 Å². The first-order valence-corrected chi connectivity index (χ1v) is 11.2. The Morgan fingerprint density at radius 2 is 1.78 bits per heavy atom. The van der Waals surface area contributed by atoms with Crippen LogP contribution in [0, 0.1) is 0 Å².